The molecule has 4 heteroatoms. The Morgan fingerprint density at radius 2 is 1.14 bits per heavy atom. The third-order valence-corrected chi connectivity index (χ3v) is 0.952. The van der Waals surface area contributed by atoms with E-state index < -0.39 is 11.9 Å². The summed E-state index contributed by atoms with van der Waals surface area (Å²) in [5, 5.41) is 0. The molecule has 0 aliphatic heterocycles. The first kappa shape index (κ1) is 12.5. The van der Waals surface area contributed by atoms with E-state index in [1.54, 1.807) is 27.7 Å². The van der Waals surface area contributed by atoms with E-state index in [0.29, 0.717) is 0 Å². The molecule has 0 bridgehead atoms. The van der Waals surface area contributed by atoms with Crippen LogP contribution in [0.25, 0.3) is 0 Å². The first-order valence-electron chi connectivity index (χ1n) is 4.35. The quantitative estimate of drug-likeness (QED) is 0.375. The van der Waals surface area contributed by atoms with Crippen LogP contribution >= 0.6 is 0 Å². The lowest BCUT2D eigenvalue weighted by Gasteiger charge is -2.03. The molecular weight excluding hydrogens is 184 g/mol. The molecular formula is C10H14O4. The van der Waals surface area contributed by atoms with Gasteiger partial charge >= 0.3 is 11.9 Å². The average molecular weight is 198 g/mol. The zero-order chi connectivity index (χ0) is 11.1. The van der Waals surface area contributed by atoms with Crippen molar-refractivity contribution in [2.24, 2.45) is 0 Å². The molecule has 0 saturated heterocycles. The van der Waals surface area contributed by atoms with Crippen LogP contribution in [0, 0.1) is 11.8 Å². The Morgan fingerprint density at radius 1 is 0.857 bits per heavy atom. The van der Waals surface area contributed by atoms with Crippen molar-refractivity contribution in [1.82, 2.24) is 0 Å². The molecule has 0 radical (unpaired) electrons. The summed E-state index contributed by atoms with van der Waals surface area (Å²) < 4.78 is 9.37. The van der Waals surface area contributed by atoms with Gasteiger partial charge in [0.2, 0.25) is 0 Å². The van der Waals surface area contributed by atoms with Crippen LogP contribution in [-0.4, -0.2) is 24.1 Å². The van der Waals surface area contributed by atoms with Crippen molar-refractivity contribution in [3.05, 3.63) is 0 Å². The minimum absolute atomic E-state index is 0.238. The van der Waals surface area contributed by atoms with Crippen molar-refractivity contribution in [1.29, 1.82) is 0 Å². The zero-order valence-corrected chi connectivity index (χ0v) is 8.79. The van der Waals surface area contributed by atoms with Gasteiger partial charge in [0.25, 0.3) is 0 Å². The molecule has 14 heavy (non-hydrogen) atoms. The molecule has 0 fully saturated rings. The topological polar surface area (TPSA) is 52.6 Å². The van der Waals surface area contributed by atoms with Crippen LogP contribution in [0.1, 0.15) is 27.7 Å². The van der Waals surface area contributed by atoms with Crippen molar-refractivity contribution in [3.63, 3.8) is 0 Å². The average Bonchev–Trinajstić information content (AvgIpc) is 1.98. The van der Waals surface area contributed by atoms with E-state index in [9.17, 15) is 9.59 Å². The van der Waals surface area contributed by atoms with Crippen LogP contribution in [0.5, 0.6) is 0 Å². The maximum Gasteiger partial charge on any atom is 0.385 e. The molecule has 0 heterocycles. The van der Waals surface area contributed by atoms with Crippen LogP contribution in [0.15, 0.2) is 0 Å². The molecule has 4 nitrogen and oxygen atoms in total. The van der Waals surface area contributed by atoms with E-state index in [1.807, 2.05) is 11.8 Å². The Kier molecular flexibility index (Phi) is 5.38. The molecule has 0 amide bonds. The second-order valence-electron chi connectivity index (χ2n) is 3.16. The number of hydrogen-bond acceptors (Lipinski definition) is 4. The Bertz CT molecular complexity index is 242. The van der Waals surface area contributed by atoms with E-state index in [4.69, 9.17) is 0 Å². The molecule has 0 rings (SSSR count). The first-order valence-corrected chi connectivity index (χ1v) is 4.35. The van der Waals surface area contributed by atoms with E-state index in [2.05, 4.69) is 9.47 Å². The van der Waals surface area contributed by atoms with Crippen molar-refractivity contribution in [3.8, 4) is 11.8 Å². The lowest BCUT2D eigenvalue weighted by atomic mass is 10.4. The second-order valence-corrected chi connectivity index (χ2v) is 3.16. The summed E-state index contributed by atoms with van der Waals surface area (Å²) in [6.07, 6.45) is -0.476. The molecule has 0 unspecified atom stereocenters. The largest absolute Gasteiger partial charge is 0.453 e. The van der Waals surface area contributed by atoms with Gasteiger partial charge in [-0.3, -0.25) is 0 Å². The molecule has 78 valence electrons. The number of hydrogen-bond donors (Lipinski definition) is 0. The van der Waals surface area contributed by atoms with Crippen molar-refractivity contribution >= 4 is 11.9 Å². The van der Waals surface area contributed by atoms with Gasteiger partial charge in [-0.25, -0.2) is 9.59 Å². The highest BCUT2D eigenvalue weighted by Gasteiger charge is 2.03. The van der Waals surface area contributed by atoms with Gasteiger partial charge in [-0.05, 0) is 27.7 Å². The van der Waals surface area contributed by atoms with E-state index in [0.717, 1.165) is 0 Å². The third kappa shape index (κ3) is 7.17. The fourth-order valence-corrected chi connectivity index (χ4v) is 0.589. The summed E-state index contributed by atoms with van der Waals surface area (Å²) in [7, 11) is 0. The van der Waals surface area contributed by atoms with Crippen LogP contribution in [0.2, 0.25) is 0 Å². The normalized spacial score (nSPS) is 9.29. The highest BCUT2D eigenvalue weighted by Crippen LogP contribution is 1.89. The number of rotatable bonds is 2. The van der Waals surface area contributed by atoms with Gasteiger partial charge in [-0.15, -0.1) is 0 Å². The molecule has 0 aliphatic carbocycles. The van der Waals surface area contributed by atoms with Crippen LogP contribution in [0.4, 0.5) is 0 Å². The molecule has 0 aromatic carbocycles. The predicted octanol–water partition coefficient (Wildman–Crippen LogP) is 0.893. The maximum absolute atomic E-state index is 10.8. The molecule has 0 aromatic rings. The monoisotopic (exact) mass is 198 g/mol. The van der Waals surface area contributed by atoms with Gasteiger partial charge in [0.15, 0.2) is 0 Å². The minimum atomic E-state index is -0.722. The molecule has 0 spiro atoms. The summed E-state index contributed by atoms with van der Waals surface area (Å²) in [6, 6.07) is 0. The number of ether oxygens (including phenoxy) is 2. The standard InChI is InChI=1S/C10H14O4/c1-7(2)13-9(11)5-6-10(12)14-8(3)4/h7-8H,1-4H3. The van der Waals surface area contributed by atoms with Crippen LogP contribution in [-0.2, 0) is 19.1 Å². The Morgan fingerprint density at radius 3 is 1.36 bits per heavy atom. The van der Waals surface area contributed by atoms with E-state index in [-0.39, 0.29) is 12.2 Å². The van der Waals surface area contributed by atoms with Crippen molar-refractivity contribution in [2.45, 2.75) is 39.9 Å². The smallest absolute Gasteiger partial charge is 0.385 e. The molecule has 0 saturated carbocycles. The summed E-state index contributed by atoms with van der Waals surface area (Å²) in [5.41, 5.74) is 0. The van der Waals surface area contributed by atoms with Crippen LogP contribution in [0.3, 0.4) is 0 Å². The number of carbonyl (C=O) groups excluding carboxylic acids is 2. The fourth-order valence-electron chi connectivity index (χ4n) is 0.589. The maximum atomic E-state index is 10.8. The lowest BCUT2D eigenvalue weighted by Crippen LogP contribution is -2.11. The highest BCUT2D eigenvalue weighted by atomic mass is 16.5. The predicted molar refractivity (Wildman–Crippen MR) is 50.2 cm³/mol. The Hall–Kier alpha value is -1.50. The SMILES string of the molecule is CC(C)OC(=O)C#CC(=O)OC(C)C. The van der Waals surface area contributed by atoms with Gasteiger partial charge in [-0.2, -0.15) is 0 Å². The molecule has 0 atom stereocenters. The van der Waals surface area contributed by atoms with Gasteiger partial charge in [-0.1, -0.05) is 0 Å². The van der Waals surface area contributed by atoms with Gasteiger partial charge in [0.05, 0.1) is 12.2 Å². The van der Waals surface area contributed by atoms with Gasteiger partial charge < -0.3 is 9.47 Å². The van der Waals surface area contributed by atoms with Gasteiger partial charge in [0.1, 0.15) is 0 Å². The number of carbonyl (C=O) groups is 2. The Balaban J connectivity index is 4.03. The van der Waals surface area contributed by atoms with E-state index in [1.165, 1.54) is 0 Å². The van der Waals surface area contributed by atoms with E-state index >= 15 is 0 Å². The second kappa shape index (κ2) is 6.03. The summed E-state index contributed by atoms with van der Waals surface area (Å²) >= 11 is 0. The first-order chi connectivity index (χ1) is 6.41. The summed E-state index contributed by atoms with van der Waals surface area (Å²) in [5.74, 6) is 2.62. The molecule has 0 N–H and O–H groups in total. The summed E-state index contributed by atoms with van der Waals surface area (Å²) in [4.78, 5) is 21.7. The summed E-state index contributed by atoms with van der Waals surface area (Å²) in [6.45, 7) is 6.80. The number of esters is 2. The minimum Gasteiger partial charge on any atom is -0.453 e. The third-order valence-electron chi connectivity index (χ3n) is 0.952. The highest BCUT2D eigenvalue weighted by molar-refractivity contribution is 5.98. The molecule has 0 aromatic heterocycles. The zero-order valence-electron chi connectivity index (χ0n) is 8.79. The van der Waals surface area contributed by atoms with Gasteiger partial charge in [0, 0.05) is 11.8 Å². The van der Waals surface area contributed by atoms with Crippen molar-refractivity contribution in [2.75, 3.05) is 0 Å². The van der Waals surface area contributed by atoms with Crippen molar-refractivity contribution < 1.29 is 19.1 Å². The fraction of sp³-hybridized carbons (Fsp3) is 0.600. The molecule has 0 aliphatic rings. The lowest BCUT2D eigenvalue weighted by molar-refractivity contribution is -0.142. The Labute approximate surface area is 83.6 Å². The van der Waals surface area contributed by atoms with Crippen LogP contribution < -0.4 is 0 Å².